The van der Waals surface area contributed by atoms with Crippen molar-refractivity contribution in [1.82, 2.24) is 9.80 Å². The molecule has 2 fully saturated rings. The number of carbonyl (C=O) groups excluding carboxylic acids is 2. The van der Waals surface area contributed by atoms with Crippen molar-refractivity contribution >= 4 is 24.2 Å². The van der Waals surface area contributed by atoms with E-state index >= 15 is 0 Å². The maximum Gasteiger partial charge on any atom is 0.416 e. The van der Waals surface area contributed by atoms with Gasteiger partial charge in [-0.15, -0.1) is 12.4 Å². The molecule has 39 heavy (non-hydrogen) atoms. The van der Waals surface area contributed by atoms with Crippen molar-refractivity contribution < 1.29 is 40.3 Å². The first kappa shape index (κ1) is 30.7. The third-order valence-electron chi connectivity index (χ3n) is 6.96. The third kappa shape index (κ3) is 7.63. The number of carbonyl (C=O) groups is 2. The van der Waals surface area contributed by atoms with Crippen LogP contribution in [0.4, 0.5) is 30.7 Å². The molecule has 2 amide bonds. The predicted molar refractivity (Wildman–Crippen MR) is 130 cm³/mol. The van der Waals surface area contributed by atoms with Crippen molar-refractivity contribution in [2.45, 2.75) is 50.1 Å². The van der Waals surface area contributed by atoms with Gasteiger partial charge in [0.05, 0.1) is 17.7 Å². The van der Waals surface area contributed by atoms with Crippen LogP contribution in [0.25, 0.3) is 0 Å². The Labute approximate surface area is 226 Å². The summed E-state index contributed by atoms with van der Waals surface area (Å²) in [6.07, 6.45) is -8.54. The molecule has 1 aliphatic heterocycles. The van der Waals surface area contributed by atoms with E-state index in [0.29, 0.717) is 37.1 Å². The molecule has 0 aromatic heterocycles. The van der Waals surface area contributed by atoms with E-state index in [2.05, 4.69) is 0 Å². The highest BCUT2D eigenvalue weighted by Crippen LogP contribution is 2.40. The maximum atomic E-state index is 13.8. The SMILES string of the molecule is Cl.NC(=O)CN1CC[C@H](C(=O)N(Cc2cc(C(F)(F)F)cc(C(F)(F)F)c2)C2CC2)[C@H](c2ccc(F)cc2)C1. The van der Waals surface area contributed by atoms with Gasteiger partial charge in [-0.1, -0.05) is 12.1 Å². The molecule has 4 rings (SSSR count). The van der Waals surface area contributed by atoms with Crippen LogP contribution in [0, 0.1) is 11.7 Å². The molecule has 1 saturated heterocycles. The number of halogens is 8. The number of piperidine rings is 1. The zero-order valence-corrected chi connectivity index (χ0v) is 21.4. The maximum absolute atomic E-state index is 13.8. The van der Waals surface area contributed by atoms with Crippen LogP contribution in [0.15, 0.2) is 42.5 Å². The van der Waals surface area contributed by atoms with Gasteiger partial charge in [0.1, 0.15) is 5.82 Å². The molecule has 2 aromatic rings. The fraction of sp³-hybridized carbons (Fsp3) is 0.462. The molecule has 5 nitrogen and oxygen atoms in total. The summed E-state index contributed by atoms with van der Waals surface area (Å²) >= 11 is 0. The highest BCUT2D eigenvalue weighted by atomic mass is 35.5. The summed E-state index contributed by atoms with van der Waals surface area (Å²) in [7, 11) is 0. The van der Waals surface area contributed by atoms with Gasteiger partial charge in [0.2, 0.25) is 11.8 Å². The zero-order valence-electron chi connectivity index (χ0n) is 20.6. The average Bonchev–Trinajstić information content (AvgIpc) is 3.66. The Morgan fingerprint density at radius 3 is 1.97 bits per heavy atom. The van der Waals surface area contributed by atoms with Crippen LogP contribution < -0.4 is 5.73 Å². The van der Waals surface area contributed by atoms with Crippen molar-refractivity contribution in [3.8, 4) is 0 Å². The number of likely N-dealkylation sites (tertiary alicyclic amines) is 1. The normalized spacial score (nSPS) is 20.3. The molecular formula is C26H27ClF7N3O2. The van der Waals surface area contributed by atoms with Crippen LogP contribution in [0.1, 0.15) is 47.4 Å². The predicted octanol–water partition coefficient (Wildman–Crippen LogP) is 5.37. The Bertz CT molecular complexity index is 1150. The number of hydrogen-bond acceptors (Lipinski definition) is 3. The van der Waals surface area contributed by atoms with Gasteiger partial charge in [-0.05, 0) is 67.3 Å². The zero-order chi connectivity index (χ0) is 27.8. The second-order valence-corrected chi connectivity index (χ2v) is 9.87. The van der Waals surface area contributed by atoms with Gasteiger partial charge in [0.15, 0.2) is 0 Å². The fourth-order valence-corrected chi connectivity index (χ4v) is 5.02. The van der Waals surface area contributed by atoms with E-state index in [9.17, 15) is 40.3 Å². The quantitative estimate of drug-likeness (QED) is 0.447. The molecule has 0 radical (unpaired) electrons. The van der Waals surface area contributed by atoms with E-state index in [4.69, 9.17) is 5.73 Å². The Kier molecular flexibility index (Phi) is 9.21. The Balaban J connectivity index is 0.00000420. The highest BCUT2D eigenvalue weighted by Gasteiger charge is 2.43. The van der Waals surface area contributed by atoms with Crippen molar-refractivity contribution in [2.75, 3.05) is 19.6 Å². The molecule has 0 bridgehead atoms. The van der Waals surface area contributed by atoms with Crippen LogP contribution in [-0.4, -0.2) is 47.3 Å². The minimum Gasteiger partial charge on any atom is -0.369 e. The van der Waals surface area contributed by atoms with Crippen molar-refractivity contribution in [3.05, 3.63) is 70.5 Å². The lowest BCUT2D eigenvalue weighted by atomic mass is 9.79. The number of alkyl halides is 6. The number of amides is 2. The summed E-state index contributed by atoms with van der Waals surface area (Å²) in [6.45, 7) is 0.145. The van der Waals surface area contributed by atoms with Crippen LogP contribution in [-0.2, 0) is 28.5 Å². The molecular weight excluding hydrogens is 555 g/mol. The first-order valence-corrected chi connectivity index (χ1v) is 12.1. The summed E-state index contributed by atoms with van der Waals surface area (Å²) in [6, 6.07) is 6.58. The minimum absolute atomic E-state index is 0. The van der Waals surface area contributed by atoms with Crippen LogP contribution in [0.5, 0.6) is 0 Å². The standard InChI is InChI=1S/C26H26F7N3O2.ClH/c27-19-3-1-16(2-4-19)22-13-35(14-23(34)37)8-7-21(22)24(38)36(20-5-6-20)12-15-9-17(25(28,29)30)11-18(10-15)26(31,32)33;/h1-4,9-11,20-22H,5-8,12-14H2,(H2,34,37);1H/t21-,22-;/m0./s1. The largest absolute Gasteiger partial charge is 0.416 e. The van der Waals surface area contributed by atoms with Crippen molar-refractivity contribution in [2.24, 2.45) is 11.7 Å². The molecule has 13 heteroatoms. The molecule has 2 aliphatic rings. The Hall–Kier alpha value is -2.86. The average molecular weight is 582 g/mol. The molecule has 1 saturated carbocycles. The highest BCUT2D eigenvalue weighted by molar-refractivity contribution is 5.85. The first-order valence-electron chi connectivity index (χ1n) is 12.1. The van der Waals surface area contributed by atoms with E-state index in [1.54, 1.807) is 4.90 Å². The van der Waals surface area contributed by atoms with E-state index in [1.807, 2.05) is 0 Å². The molecule has 2 N–H and O–H groups in total. The van der Waals surface area contributed by atoms with Crippen molar-refractivity contribution in [3.63, 3.8) is 0 Å². The molecule has 214 valence electrons. The summed E-state index contributed by atoms with van der Waals surface area (Å²) in [5, 5.41) is 0. The van der Waals surface area contributed by atoms with E-state index in [0.717, 1.165) is 0 Å². The summed E-state index contributed by atoms with van der Waals surface area (Å²) in [5.74, 6) is -2.59. The van der Waals surface area contributed by atoms with Gasteiger partial charge in [0.25, 0.3) is 0 Å². The number of primary amides is 1. The lowest BCUT2D eigenvalue weighted by Gasteiger charge is -2.40. The van der Waals surface area contributed by atoms with Crippen LogP contribution in [0.2, 0.25) is 0 Å². The lowest BCUT2D eigenvalue weighted by molar-refractivity contribution is -0.143. The molecule has 1 heterocycles. The molecule has 1 aliphatic carbocycles. The van der Waals surface area contributed by atoms with Gasteiger partial charge < -0.3 is 10.6 Å². The monoisotopic (exact) mass is 581 g/mol. The van der Waals surface area contributed by atoms with Crippen LogP contribution >= 0.6 is 12.4 Å². The number of benzene rings is 2. The summed E-state index contributed by atoms with van der Waals surface area (Å²) < 4.78 is 93.8. The second-order valence-electron chi connectivity index (χ2n) is 9.87. The van der Waals surface area contributed by atoms with Crippen molar-refractivity contribution in [1.29, 1.82) is 0 Å². The first-order chi connectivity index (χ1) is 17.7. The van der Waals surface area contributed by atoms with E-state index < -0.39 is 59.5 Å². The molecule has 0 unspecified atom stereocenters. The molecule has 2 aromatic carbocycles. The van der Waals surface area contributed by atoms with Crippen LogP contribution in [0.3, 0.4) is 0 Å². The summed E-state index contributed by atoms with van der Waals surface area (Å²) in [5.41, 5.74) is 2.82. The smallest absolute Gasteiger partial charge is 0.369 e. The van der Waals surface area contributed by atoms with E-state index in [1.165, 1.54) is 29.2 Å². The Morgan fingerprint density at radius 2 is 1.49 bits per heavy atom. The third-order valence-corrected chi connectivity index (χ3v) is 6.96. The number of nitrogens with two attached hydrogens (primary N) is 1. The van der Waals surface area contributed by atoms with Gasteiger partial charge >= 0.3 is 12.4 Å². The van der Waals surface area contributed by atoms with Gasteiger partial charge in [0, 0.05) is 31.0 Å². The fourth-order valence-electron chi connectivity index (χ4n) is 5.02. The number of nitrogens with zero attached hydrogens (tertiary/aromatic N) is 2. The minimum atomic E-state index is -4.99. The van der Waals surface area contributed by atoms with Gasteiger partial charge in [-0.3, -0.25) is 14.5 Å². The lowest BCUT2D eigenvalue weighted by Crippen LogP contribution is -2.48. The van der Waals surface area contributed by atoms with Gasteiger partial charge in [-0.2, -0.15) is 26.3 Å². The number of hydrogen-bond donors (Lipinski definition) is 1. The van der Waals surface area contributed by atoms with Gasteiger partial charge in [-0.25, -0.2) is 4.39 Å². The molecule has 0 spiro atoms. The summed E-state index contributed by atoms with van der Waals surface area (Å²) in [4.78, 5) is 28.4. The van der Waals surface area contributed by atoms with E-state index in [-0.39, 0.29) is 49.6 Å². The molecule has 2 atom stereocenters. The Morgan fingerprint density at radius 1 is 0.923 bits per heavy atom. The topological polar surface area (TPSA) is 66.6 Å². The number of rotatable bonds is 7. The second kappa shape index (κ2) is 11.7.